The fraction of sp³-hybridized carbons (Fsp3) is 0.353. The fourth-order valence-corrected chi connectivity index (χ4v) is 2.72. The van der Waals surface area contributed by atoms with Gasteiger partial charge in [0.2, 0.25) is 0 Å². The maximum Gasteiger partial charge on any atom is 0.341 e. The van der Waals surface area contributed by atoms with Crippen LogP contribution in [0, 0.1) is 11.3 Å². The molecule has 120 valence electrons. The molecule has 0 unspecified atom stereocenters. The van der Waals surface area contributed by atoms with Gasteiger partial charge < -0.3 is 15.2 Å². The number of allylic oxidation sites excluding steroid dienone is 1. The van der Waals surface area contributed by atoms with E-state index >= 15 is 0 Å². The van der Waals surface area contributed by atoms with E-state index in [1.807, 2.05) is 19.1 Å². The van der Waals surface area contributed by atoms with E-state index in [1.54, 1.807) is 13.8 Å². The molecule has 2 rings (SSSR count). The van der Waals surface area contributed by atoms with E-state index in [0.717, 1.165) is 5.57 Å². The van der Waals surface area contributed by atoms with Crippen LogP contribution in [0.15, 0.2) is 5.57 Å². The van der Waals surface area contributed by atoms with E-state index in [1.165, 1.54) is 0 Å². The Kier molecular flexibility index (Phi) is 4.70. The standard InChI is InChI=1S/C17H18N2O4/c1-4-22-16(20)13-11-7-9(3)6-10(11)12(8-18)15(19)14(13)17(21)23-5-2/h6H,4-5,7,19H2,1-3H3. The van der Waals surface area contributed by atoms with Crippen LogP contribution in [0.1, 0.15) is 58.2 Å². The summed E-state index contributed by atoms with van der Waals surface area (Å²) >= 11 is 0. The minimum absolute atomic E-state index is 0.0429. The van der Waals surface area contributed by atoms with Crippen LogP contribution in [0.5, 0.6) is 0 Å². The summed E-state index contributed by atoms with van der Waals surface area (Å²) in [4.78, 5) is 24.7. The summed E-state index contributed by atoms with van der Waals surface area (Å²) < 4.78 is 10.1. The third kappa shape index (κ3) is 2.78. The Bertz CT molecular complexity index is 757. The SMILES string of the molecule is CCOC(=O)c1c(N)c(C#N)c2c(c1C(=O)OCC)CC(C)=C2. The first kappa shape index (κ1) is 16.6. The van der Waals surface area contributed by atoms with Gasteiger partial charge in [-0.05, 0) is 38.3 Å². The number of hydrogen-bond acceptors (Lipinski definition) is 6. The van der Waals surface area contributed by atoms with Gasteiger partial charge in [-0.3, -0.25) is 0 Å². The third-order valence-corrected chi connectivity index (χ3v) is 3.60. The van der Waals surface area contributed by atoms with Crippen molar-refractivity contribution in [3.63, 3.8) is 0 Å². The van der Waals surface area contributed by atoms with Crippen LogP contribution in [0.2, 0.25) is 0 Å². The molecule has 0 heterocycles. The molecule has 0 saturated heterocycles. The van der Waals surface area contributed by atoms with Crippen LogP contribution in [0.3, 0.4) is 0 Å². The largest absolute Gasteiger partial charge is 0.462 e. The monoisotopic (exact) mass is 314 g/mol. The van der Waals surface area contributed by atoms with Crippen LogP contribution in [0.4, 0.5) is 5.69 Å². The molecule has 0 fully saturated rings. The molecule has 0 aromatic heterocycles. The van der Waals surface area contributed by atoms with Crippen molar-refractivity contribution in [2.45, 2.75) is 27.2 Å². The van der Waals surface area contributed by atoms with E-state index in [9.17, 15) is 14.9 Å². The van der Waals surface area contributed by atoms with Crippen molar-refractivity contribution in [2.75, 3.05) is 18.9 Å². The number of fused-ring (bicyclic) bond motifs is 1. The lowest BCUT2D eigenvalue weighted by molar-refractivity contribution is 0.0479. The van der Waals surface area contributed by atoms with Crippen molar-refractivity contribution >= 4 is 23.7 Å². The number of nitrogen functional groups attached to an aromatic ring is 1. The molecule has 1 aliphatic carbocycles. The highest BCUT2D eigenvalue weighted by molar-refractivity contribution is 6.10. The minimum Gasteiger partial charge on any atom is -0.462 e. The molecule has 0 radical (unpaired) electrons. The smallest absolute Gasteiger partial charge is 0.341 e. The number of anilines is 1. The maximum atomic E-state index is 12.4. The van der Waals surface area contributed by atoms with Gasteiger partial charge in [0, 0.05) is 0 Å². The lowest BCUT2D eigenvalue weighted by Crippen LogP contribution is -2.20. The molecular weight excluding hydrogens is 296 g/mol. The minimum atomic E-state index is -0.725. The number of nitriles is 1. The highest BCUT2D eigenvalue weighted by Crippen LogP contribution is 2.37. The molecule has 6 nitrogen and oxygen atoms in total. The lowest BCUT2D eigenvalue weighted by Gasteiger charge is -2.17. The van der Waals surface area contributed by atoms with Crippen molar-refractivity contribution in [1.82, 2.24) is 0 Å². The average molecular weight is 314 g/mol. The molecule has 1 aliphatic rings. The van der Waals surface area contributed by atoms with Gasteiger partial charge in [-0.1, -0.05) is 11.6 Å². The van der Waals surface area contributed by atoms with Crippen LogP contribution in [-0.4, -0.2) is 25.2 Å². The van der Waals surface area contributed by atoms with Crippen molar-refractivity contribution in [3.8, 4) is 6.07 Å². The number of nitrogens with two attached hydrogens (primary N) is 1. The first-order valence-electron chi connectivity index (χ1n) is 7.35. The second kappa shape index (κ2) is 6.53. The zero-order chi connectivity index (χ0) is 17.1. The number of benzene rings is 1. The Labute approximate surface area is 134 Å². The number of nitrogens with zero attached hydrogens (tertiary/aromatic N) is 1. The molecule has 0 atom stereocenters. The zero-order valence-electron chi connectivity index (χ0n) is 13.4. The number of carbonyl (C=O) groups excluding carboxylic acids is 2. The van der Waals surface area contributed by atoms with E-state index in [4.69, 9.17) is 15.2 Å². The van der Waals surface area contributed by atoms with Gasteiger partial charge in [-0.2, -0.15) is 5.26 Å². The molecule has 23 heavy (non-hydrogen) atoms. The van der Waals surface area contributed by atoms with Crippen LogP contribution in [-0.2, 0) is 15.9 Å². The second-order valence-corrected chi connectivity index (χ2v) is 5.15. The average Bonchev–Trinajstić information content (AvgIpc) is 2.87. The Morgan fingerprint density at radius 2 is 1.78 bits per heavy atom. The Hall–Kier alpha value is -2.81. The summed E-state index contributed by atoms with van der Waals surface area (Å²) in [6.45, 7) is 5.52. The van der Waals surface area contributed by atoms with Crippen molar-refractivity contribution in [2.24, 2.45) is 0 Å². The molecule has 2 N–H and O–H groups in total. The fourth-order valence-electron chi connectivity index (χ4n) is 2.72. The summed E-state index contributed by atoms with van der Waals surface area (Å²) in [6.07, 6.45) is 2.27. The lowest BCUT2D eigenvalue weighted by atomic mass is 9.91. The Morgan fingerprint density at radius 3 is 2.30 bits per heavy atom. The summed E-state index contributed by atoms with van der Waals surface area (Å²) in [7, 11) is 0. The summed E-state index contributed by atoms with van der Waals surface area (Å²) in [5.74, 6) is -1.36. The molecular formula is C17H18N2O4. The van der Waals surface area contributed by atoms with Gasteiger partial charge in [-0.15, -0.1) is 0 Å². The van der Waals surface area contributed by atoms with Gasteiger partial charge >= 0.3 is 11.9 Å². The highest BCUT2D eigenvalue weighted by atomic mass is 16.5. The molecule has 0 bridgehead atoms. The van der Waals surface area contributed by atoms with Gasteiger partial charge in [-0.25, -0.2) is 9.59 Å². The predicted octanol–water partition coefficient (Wildman–Crippen LogP) is 2.45. The number of ether oxygens (including phenoxy) is 2. The highest BCUT2D eigenvalue weighted by Gasteiger charge is 2.32. The van der Waals surface area contributed by atoms with Crippen LogP contribution < -0.4 is 5.73 Å². The zero-order valence-corrected chi connectivity index (χ0v) is 13.4. The topological polar surface area (TPSA) is 102 Å². The van der Waals surface area contributed by atoms with Gasteiger partial charge in [0.15, 0.2) is 0 Å². The van der Waals surface area contributed by atoms with Gasteiger partial charge in [0.1, 0.15) is 6.07 Å². The van der Waals surface area contributed by atoms with Crippen LogP contribution in [0.25, 0.3) is 6.08 Å². The van der Waals surface area contributed by atoms with E-state index in [-0.39, 0.29) is 35.6 Å². The van der Waals surface area contributed by atoms with Crippen molar-refractivity contribution in [1.29, 1.82) is 5.26 Å². The van der Waals surface area contributed by atoms with Crippen molar-refractivity contribution in [3.05, 3.63) is 33.4 Å². The summed E-state index contributed by atoms with van der Waals surface area (Å²) in [6, 6.07) is 2.02. The van der Waals surface area contributed by atoms with E-state index in [0.29, 0.717) is 17.5 Å². The molecule has 0 spiro atoms. The quantitative estimate of drug-likeness (QED) is 0.676. The number of esters is 2. The second-order valence-electron chi connectivity index (χ2n) is 5.15. The predicted molar refractivity (Wildman–Crippen MR) is 84.8 cm³/mol. The maximum absolute atomic E-state index is 12.4. The summed E-state index contributed by atoms with van der Waals surface area (Å²) in [5, 5.41) is 9.41. The number of carbonyl (C=O) groups is 2. The van der Waals surface area contributed by atoms with E-state index in [2.05, 4.69) is 0 Å². The molecule has 0 amide bonds. The van der Waals surface area contributed by atoms with E-state index < -0.39 is 11.9 Å². The number of rotatable bonds is 4. The molecule has 0 aliphatic heterocycles. The number of hydrogen-bond donors (Lipinski definition) is 1. The molecule has 1 aromatic rings. The summed E-state index contributed by atoms with van der Waals surface area (Å²) in [5.41, 5.74) is 8.33. The molecule has 1 aromatic carbocycles. The molecule has 6 heteroatoms. The van der Waals surface area contributed by atoms with Gasteiger partial charge in [0.05, 0.1) is 35.6 Å². The first-order chi connectivity index (χ1) is 11.0. The van der Waals surface area contributed by atoms with Gasteiger partial charge in [0.25, 0.3) is 0 Å². The van der Waals surface area contributed by atoms with Crippen molar-refractivity contribution < 1.29 is 19.1 Å². The molecule has 0 saturated carbocycles. The third-order valence-electron chi connectivity index (χ3n) is 3.60. The van der Waals surface area contributed by atoms with Crippen LogP contribution >= 0.6 is 0 Å². The normalized spacial score (nSPS) is 12.2. The first-order valence-corrected chi connectivity index (χ1v) is 7.35. The Balaban J connectivity index is 2.81. The Morgan fingerprint density at radius 1 is 1.22 bits per heavy atom.